The number of piperidine rings is 1. The molecule has 7 heteroatoms. The minimum Gasteiger partial charge on any atom is -0.393 e. The van der Waals surface area contributed by atoms with Gasteiger partial charge >= 0.3 is 0 Å². The number of anilines is 1. The molecule has 0 aliphatic carbocycles. The summed E-state index contributed by atoms with van der Waals surface area (Å²) in [4.78, 5) is 14.5. The Hall–Kier alpha value is -1.83. The van der Waals surface area contributed by atoms with E-state index in [2.05, 4.69) is 20.4 Å². The van der Waals surface area contributed by atoms with Gasteiger partial charge in [0.1, 0.15) is 5.01 Å². The molecule has 1 aromatic carbocycles. The lowest BCUT2D eigenvalue weighted by Crippen LogP contribution is -2.38. The molecule has 128 valence electrons. The Morgan fingerprint density at radius 1 is 1.42 bits per heavy atom. The van der Waals surface area contributed by atoms with Gasteiger partial charge in [0, 0.05) is 12.2 Å². The number of carbonyl (C=O) groups is 1. The highest BCUT2D eigenvalue weighted by Gasteiger charge is 2.24. The smallest absolute Gasteiger partial charge is 0.286 e. The molecule has 1 saturated heterocycles. The largest absolute Gasteiger partial charge is 0.393 e. The van der Waals surface area contributed by atoms with Crippen molar-refractivity contribution in [3.63, 3.8) is 0 Å². The molecule has 0 saturated carbocycles. The average Bonchev–Trinajstić information content (AvgIpc) is 3.04. The van der Waals surface area contributed by atoms with E-state index in [0.717, 1.165) is 36.6 Å². The SMILES string of the molecule is C[C@H](O)[C@H]1CCCN(Cc2nnc(C(=O)Nc3ccccc3)s2)C1. The monoisotopic (exact) mass is 346 g/mol. The molecule has 1 aliphatic rings. The summed E-state index contributed by atoms with van der Waals surface area (Å²) >= 11 is 1.33. The second-order valence-corrected chi connectivity index (χ2v) is 7.26. The fourth-order valence-corrected chi connectivity index (χ4v) is 3.71. The molecule has 1 amide bonds. The summed E-state index contributed by atoms with van der Waals surface area (Å²) < 4.78 is 0. The third kappa shape index (κ3) is 4.37. The van der Waals surface area contributed by atoms with Gasteiger partial charge in [0.2, 0.25) is 5.01 Å². The van der Waals surface area contributed by atoms with Gasteiger partial charge in [-0.3, -0.25) is 9.69 Å². The van der Waals surface area contributed by atoms with Crippen LogP contribution < -0.4 is 5.32 Å². The van der Waals surface area contributed by atoms with Crippen LogP contribution in [0.4, 0.5) is 5.69 Å². The number of likely N-dealkylation sites (tertiary alicyclic amines) is 1. The number of benzene rings is 1. The van der Waals surface area contributed by atoms with Crippen LogP contribution in [0.1, 0.15) is 34.6 Å². The van der Waals surface area contributed by atoms with Crippen LogP contribution in [-0.4, -0.2) is 45.3 Å². The number of hydrogen-bond acceptors (Lipinski definition) is 6. The number of hydrogen-bond donors (Lipinski definition) is 2. The second kappa shape index (κ2) is 7.83. The Bertz CT molecular complexity index is 674. The Morgan fingerprint density at radius 2 is 2.21 bits per heavy atom. The fourth-order valence-electron chi connectivity index (χ4n) is 2.94. The number of aliphatic hydroxyl groups excluding tert-OH is 1. The van der Waals surface area contributed by atoms with E-state index < -0.39 is 0 Å². The lowest BCUT2D eigenvalue weighted by atomic mass is 9.93. The maximum atomic E-state index is 12.2. The Balaban J connectivity index is 1.58. The molecule has 0 bridgehead atoms. The highest BCUT2D eigenvalue weighted by Crippen LogP contribution is 2.22. The van der Waals surface area contributed by atoms with Gasteiger partial charge in [-0.05, 0) is 44.4 Å². The third-order valence-electron chi connectivity index (χ3n) is 4.28. The van der Waals surface area contributed by atoms with Crippen molar-refractivity contribution in [3.05, 3.63) is 40.3 Å². The standard InChI is InChI=1S/C17H22N4O2S/c1-12(22)13-6-5-9-21(10-13)11-15-19-20-17(24-15)16(23)18-14-7-3-2-4-8-14/h2-4,7-8,12-13,22H,5-6,9-11H2,1H3,(H,18,23)/t12-,13-/m0/s1. The first-order valence-corrected chi connectivity index (χ1v) is 9.02. The van der Waals surface area contributed by atoms with Gasteiger partial charge in [0.15, 0.2) is 0 Å². The number of amides is 1. The molecule has 3 rings (SSSR count). The van der Waals surface area contributed by atoms with Crippen molar-refractivity contribution < 1.29 is 9.90 Å². The summed E-state index contributed by atoms with van der Waals surface area (Å²) in [5.74, 6) is 0.0815. The average molecular weight is 346 g/mol. The Morgan fingerprint density at radius 3 is 2.96 bits per heavy atom. The summed E-state index contributed by atoms with van der Waals surface area (Å²) in [7, 11) is 0. The zero-order valence-electron chi connectivity index (χ0n) is 13.7. The lowest BCUT2D eigenvalue weighted by molar-refractivity contribution is 0.0598. The van der Waals surface area contributed by atoms with Crippen LogP contribution in [0.3, 0.4) is 0 Å². The zero-order chi connectivity index (χ0) is 16.9. The molecule has 1 aliphatic heterocycles. The van der Waals surface area contributed by atoms with E-state index >= 15 is 0 Å². The van der Waals surface area contributed by atoms with Gasteiger partial charge in [0.05, 0.1) is 12.6 Å². The van der Waals surface area contributed by atoms with Crippen molar-refractivity contribution in [2.24, 2.45) is 5.92 Å². The molecule has 2 atom stereocenters. The van der Waals surface area contributed by atoms with Crippen molar-refractivity contribution >= 4 is 22.9 Å². The molecule has 1 fully saturated rings. The molecule has 24 heavy (non-hydrogen) atoms. The second-order valence-electron chi connectivity index (χ2n) is 6.20. The van der Waals surface area contributed by atoms with Crippen molar-refractivity contribution in [3.8, 4) is 0 Å². The molecule has 0 spiro atoms. The number of para-hydroxylation sites is 1. The summed E-state index contributed by atoms with van der Waals surface area (Å²) in [5.41, 5.74) is 0.745. The first-order valence-electron chi connectivity index (χ1n) is 8.21. The van der Waals surface area contributed by atoms with Gasteiger partial charge < -0.3 is 10.4 Å². The maximum absolute atomic E-state index is 12.2. The van der Waals surface area contributed by atoms with E-state index in [1.54, 1.807) is 0 Å². The van der Waals surface area contributed by atoms with Crippen LogP contribution >= 0.6 is 11.3 Å². The first kappa shape index (κ1) is 17.0. The predicted molar refractivity (Wildman–Crippen MR) is 94.0 cm³/mol. The van der Waals surface area contributed by atoms with Crippen LogP contribution in [0.25, 0.3) is 0 Å². The number of aliphatic hydroxyl groups is 1. The minimum absolute atomic E-state index is 0.231. The number of nitrogens with zero attached hydrogens (tertiary/aromatic N) is 3. The van der Waals surface area contributed by atoms with Crippen molar-refractivity contribution in [1.29, 1.82) is 0 Å². The topological polar surface area (TPSA) is 78.3 Å². The van der Waals surface area contributed by atoms with E-state index in [-0.39, 0.29) is 12.0 Å². The minimum atomic E-state index is -0.283. The maximum Gasteiger partial charge on any atom is 0.286 e. The molecule has 0 radical (unpaired) electrons. The number of nitrogens with one attached hydrogen (secondary N) is 1. The van der Waals surface area contributed by atoms with Crippen molar-refractivity contribution in [2.75, 3.05) is 18.4 Å². The summed E-state index contributed by atoms with van der Waals surface area (Å²) in [6.07, 6.45) is 1.86. The van der Waals surface area contributed by atoms with Crippen LogP contribution in [0, 0.1) is 5.92 Å². The lowest BCUT2D eigenvalue weighted by Gasteiger charge is -2.33. The Labute approximate surface area is 145 Å². The molecule has 2 aromatic rings. The predicted octanol–water partition coefficient (Wildman–Crippen LogP) is 2.38. The zero-order valence-corrected chi connectivity index (χ0v) is 14.5. The molecule has 0 unspecified atom stereocenters. The van der Waals surface area contributed by atoms with E-state index in [1.165, 1.54) is 11.3 Å². The van der Waals surface area contributed by atoms with E-state index in [4.69, 9.17) is 0 Å². The van der Waals surface area contributed by atoms with Crippen molar-refractivity contribution in [1.82, 2.24) is 15.1 Å². The highest BCUT2D eigenvalue weighted by molar-refractivity contribution is 7.13. The van der Waals surface area contributed by atoms with Gasteiger partial charge in [-0.1, -0.05) is 29.5 Å². The van der Waals surface area contributed by atoms with E-state index in [1.807, 2.05) is 37.3 Å². The van der Waals surface area contributed by atoms with Gasteiger partial charge in [0.25, 0.3) is 5.91 Å². The third-order valence-corrected chi connectivity index (χ3v) is 5.18. The number of carbonyl (C=O) groups excluding carboxylic acids is 1. The molecule has 2 heterocycles. The number of rotatable bonds is 5. The van der Waals surface area contributed by atoms with E-state index in [9.17, 15) is 9.90 Å². The molecule has 2 N–H and O–H groups in total. The highest BCUT2D eigenvalue weighted by atomic mass is 32.1. The van der Waals surface area contributed by atoms with E-state index in [0.29, 0.717) is 17.5 Å². The van der Waals surface area contributed by atoms with Gasteiger partial charge in [-0.25, -0.2) is 0 Å². The first-order chi connectivity index (χ1) is 11.6. The van der Waals surface area contributed by atoms with Crippen molar-refractivity contribution in [2.45, 2.75) is 32.4 Å². The molecule has 6 nitrogen and oxygen atoms in total. The van der Waals surface area contributed by atoms with Gasteiger partial charge in [-0.15, -0.1) is 10.2 Å². The summed E-state index contributed by atoms with van der Waals surface area (Å²) in [6.45, 7) is 4.39. The van der Waals surface area contributed by atoms with Gasteiger partial charge in [-0.2, -0.15) is 0 Å². The fraction of sp³-hybridized carbons (Fsp3) is 0.471. The summed E-state index contributed by atoms with van der Waals surface area (Å²) in [5, 5.41) is 22.0. The van der Waals surface area contributed by atoms with Crippen LogP contribution in [0.2, 0.25) is 0 Å². The quantitative estimate of drug-likeness (QED) is 0.869. The number of aromatic nitrogens is 2. The molecular weight excluding hydrogens is 324 g/mol. The van der Waals surface area contributed by atoms with Crippen LogP contribution in [0.5, 0.6) is 0 Å². The Kier molecular flexibility index (Phi) is 5.55. The molecule has 1 aromatic heterocycles. The van der Waals surface area contributed by atoms with Crippen LogP contribution in [-0.2, 0) is 6.54 Å². The molecular formula is C17H22N4O2S. The normalized spacial score (nSPS) is 19.8. The van der Waals surface area contributed by atoms with Crippen LogP contribution in [0.15, 0.2) is 30.3 Å². The summed E-state index contributed by atoms with van der Waals surface area (Å²) in [6, 6.07) is 9.32.